The summed E-state index contributed by atoms with van der Waals surface area (Å²) in [5.74, 6) is -0.100. The zero-order valence-electron chi connectivity index (χ0n) is 20.6. The highest BCUT2D eigenvalue weighted by Crippen LogP contribution is 2.32. The minimum atomic E-state index is -0.100. The smallest absolute Gasteiger partial charge is 0.253 e. The molecule has 0 saturated carbocycles. The van der Waals surface area contributed by atoms with Gasteiger partial charge in [0, 0.05) is 63.3 Å². The molecule has 3 aromatic rings. The minimum absolute atomic E-state index is 0.00192. The molecule has 1 unspecified atom stereocenters. The number of nitrogens with zero attached hydrogens (tertiary/aromatic N) is 4. The summed E-state index contributed by atoms with van der Waals surface area (Å²) in [5.41, 5.74) is 2.73. The lowest BCUT2D eigenvalue weighted by molar-refractivity contribution is -0.130. The first-order valence-electron chi connectivity index (χ1n) is 12.2. The van der Waals surface area contributed by atoms with Crippen molar-refractivity contribution in [3.8, 4) is 0 Å². The van der Waals surface area contributed by atoms with Gasteiger partial charge in [-0.15, -0.1) is 0 Å². The maximum absolute atomic E-state index is 13.2. The summed E-state index contributed by atoms with van der Waals surface area (Å²) < 4.78 is 1.73. The van der Waals surface area contributed by atoms with Crippen LogP contribution in [0.2, 0.25) is 0 Å². The molecule has 36 heavy (non-hydrogen) atoms. The third-order valence-corrected chi connectivity index (χ3v) is 6.49. The van der Waals surface area contributed by atoms with Gasteiger partial charge in [0.15, 0.2) is 0 Å². The Hall–Kier alpha value is -4.03. The molecule has 1 amide bonds. The molecule has 1 aromatic heterocycles. The molecule has 0 radical (unpaired) electrons. The van der Waals surface area contributed by atoms with Crippen LogP contribution in [0.1, 0.15) is 17.2 Å². The van der Waals surface area contributed by atoms with Crippen LogP contribution in [0, 0.1) is 0 Å². The molecule has 1 aliphatic heterocycles. The van der Waals surface area contributed by atoms with E-state index in [1.165, 1.54) is 11.1 Å². The van der Waals surface area contributed by atoms with Crippen LogP contribution in [0.15, 0.2) is 119 Å². The van der Waals surface area contributed by atoms with Gasteiger partial charge in [-0.25, -0.2) is 0 Å². The molecule has 0 N–H and O–H groups in total. The Balaban J connectivity index is 1.69. The number of benzene rings is 2. The Morgan fingerprint density at radius 3 is 2.25 bits per heavy atom. The third kappa shape index (κ3) is 5.96. The van der Waals surface area contributed by atoms with Crippen molar-refractivity contribution < 1.29 is 4.79 Å². The maximum Gasteiger partial charge on any atom is 0.253 e. The predicted octanol–water partition coefficient (Wildman–Crippen LogP) is 3.96. The van der Waals surface area contributed by atoms with E-state index in [4.69, 9.17) is 0 Å². The molecule has 184 valence electrons. The summed E-state index contributed by atoms with van der Waals surface area (Å²) in [6, 6.07) is 25.9. The number of piperazine rings is 1. The number of amides is 1. The van der Waals surface area contributed by atoms with Crippen LogP contribution in [0.5, 0.6) is 0 Å². The SMILES string of the molecule is C=C(/C=C\C=N/C)C(=O)N1CCN(C(c2ccccc2)c2ccccc2)C(Cn2ccccc2=O)C1. The Morgan fingerprint density at radius 1 is 1.00 bits per heavy atom. The number of rotatable bonds is 8. The molecular weight excluding hydrogens is 448 g/mol. The lowest BCUT2D eigenvalue weighted by Gasteiger charge is -2.46. The zero-order chi connectivity index (χ0) is 25.3. The van der Waals surface area contributed by atoms with Crippen molar-refractivity contribution in [2.45, 2.75) is 18.6 Å². The molecule has 6 nitrogen and oxygen atoms in total. The van der Waals surface area contributed by atoms with Gasteiger partial charge >= 0.3 is 0 Å². The number of hydrogen-bond donors (Lipinski definition) is 0. The number of carbonyl (C=O) groups excluding carboxylic acids is 1. The van der Waals surface area contributed by atoms with Crippen LogP contribution < -0.4 is 5.56 Å². The van der Waals surface area contributed by atoms with Gasteiger partial charge in [0.25, 0.3) is 11.5 Å². The molecule has 0 spiro atoms. The van der Waals surface area contributed by atoms with Crippen molar-refractivity contribution >= 4 is 12.1 Å². The first-order chi connectivity index (χ1) is 17.6. The minimum Gasteiger partial charge on any atom is -0.336 e. The van der Waals surface area contributed by atoms with E-state index in [-0.39, 0.29) is 23.6 Å². The number of hydrogen-bond acceptors (Lipinski definition) is 4. The van der Waals surface area contributed by atoms with E-state index in [0.29, 0.717) is 31.8 Å². The highest BCUT2D eigenvalue weighted by molar-refractivity contribution is 5.96. The quantitative estimate of drug-likeness (QED) is 0.279. The first-order valence-corrected chi connectivity index (χ1v) is 12.2. The summed E-state index contributed by atoms with van der Waals surface area (Å²) in [7, 11) is 1.68. The first kappa shape index (κ1) is 25.1. The van der Waals surface area contributed by atoms with Crippen molar-refractivity contribution in [1.82, 2.24) is 14.4 Å². The van der Waals surface area contributed by atoms with Crippen LogP contribution in [0.3, 0.4) is 0 Å². The summed E-state index contributed by atoms with van der Waals surface area (Å²) >= 11 is 0. The number of aromatic nitrogens is 1. The van der Waals surface area contributed by atoms with E-state index >= 15 is 0 Å². The summed E-state index contributed by atoms with van der Waals surface area (Å²) in [6.07, 6.45) is 6.85. The van der Waals surface area contributed by atoms with E-state index in [0.717, 1.165) is 0 Å². The molecule has 1 saturated heterocycles. The third-order valence-electron chi connectivity index (χ3n) is 6.49. The molecular formula is C30H32N4O2. The summed E-state index contributed by atoms with van der Waals surface area (Å²) in [6.45, 7) is 6.17. The van der Waals surface area contributed by atoms with Crippen LogP contribution in [-0.2, 0) is 11.3 Å². The fraction of sp³-hybridized carbons (Fsp3) is 0.233. The molecule has 1 fully saturated rings. The van der Waals surface area contributed by atoms with Gasteiger partial charge in [0.2, 0.25) is 0 Å². The van der Waals surface area contributed by atoms with Gasteiger partial charge < -0.3 is 9.47 Å². The van der Waals surface area contributed by atoms with Crippen molar-refractivity contribution in [3.05, 3.63) is 131 Å². The molecule has 0 aliphatic carbocycles. The molecule has 6 heteroatoms. The second-order valence-corrected chi connectivity index (χ2v) is 8.85. The Bertz CT molecular complexity index is 1240. The average Bonchev–Trinajstić information content (AvgIpc) is 2.92. The van der Waals surface area contributed by atoms with Crippen molar-refractivity contribution in [2.75, 3.05) is 26.7 Å². The molecule has 1 atom stereocenters. The van der Waals surface area contributed by atoms with Gasteiger partial charge in [-0.2, -0.15) is 0 Å². The van der Waals surface area contributed by atoms with E-state index in [1.54, 1.807) is 42.1 Å². The number of carbonyl (C=O) groups is 1. The number of aliphatic imine (C=N–C) groups is 1. The topological polar surface area (TPSA) is 57.9 Å². The monoisotopic (exact) mass is 480 g/mol. The van der Waals surface area contributed by atoms with Crippen molar-refractivity contribution in [2.24, 2.45) is 4.99 Å². The molecule has 0 bridgehead atoms. The second-order valence-electron chi connectivity index (χ2n) is 8.85. The molecule has 2 aromatic carbocycles. The Morgan fingerprint density at radius 2 is 1.64 bits per heavy atom. The van der Waals surface area contributed by atoms with E-state index < -0.39 is 0 Å². The van der Waals surface area contributed by atoms with Gasteiger partial charge in [-0.05, 0) is 29.3 Å². The highest BCUT2D eigenvalue weighted by Gasteiger charge is 2.35. The molecule has 4 rings (SSSR count). The normalized spacial score (nSPS) is 16.7. The van der Waals surface area contributed by atoms with Crippen molar-refractivity contribution in [3.63, 3.8) is 0 Å². The Kier molecular flexibility index (Phi) is 8.42. The van der Waals surface area contributed by atoms with Crippen LogP contribution in [0.4, 0.5) is 0 Å². The van der Waals surface area contributed by atoms with Crippen molar-refractivity contribution in [1.29, 1.82) is 0 Å². The number of allylic oxidation sites excluding steroid dienone is 1. The summed E-state index contributed by atoms with van der Waals surface area (Å²) in [4.78, 5) is 34.0. The van der Waals surface area contributed by atoms with Crippen LogP contribution in [0.25, 0.3) is 0 Å². The fourth-order valence-corrected chi connectivity index (χ4v) is 4.76. The molecule has 1 aliphatic rings. The van der Waals surface area contributed by atoms with Gasteiger partial charge in [0.05, 0.1) is 6.04 Å². The maximum atomic E-state index is 13.2. The average molecular weight is 481 g/mol. The number of pyridine rings is 1. The van der Waals surface area contributed by atoms with E-state index in [1.807, 2.05) is 29.3 Å². The summed E-state index contributed by atoms with van der Waals surface area (Å²) in [5, 5.41) is 0. The lowest BCUT2D eigenvalue weighted by atomic mass is 9.94. The lowest BCUT2D eigenvalue weighted by Crippen LogP contribution is -2.57. The molecule has 2 heterocycles. The largest absolute Gasteiger partial charge is 0.336 e. The van der Waals surface area contributed by atoms with E-state index in [9.17, 15) is 9.59 Å². The van der Waals surface area contributed by atoms with Gasteiger partial charge in [-0.1, -0.05) is 73.3 Å². The highest BCUT2D eigenvalue weighted by atomic mass is 16.2. The van der Waals surface area contributed by atoms with Crippen LogP contribution in [-0.4, -0.2) is 59.2 Å². The fourth-order valence-electron chi connectivity index (χ4n) is 4.76. The standard InChI is InChI=1S/C30H32N4O2/c1-24(12-11-18-31-2)30(36)33-20-21-34(27(23-33)22-32-19-10-9-17-28(32)35)29(25-13-5-3-6-14-25)26-15-7-4-8-16-26/h3-19,27,29H,1,20-23H2,2H3/b12-11-,31-18-. The second kappa shape index (κ2) is 12.1. The Labute approximate surface area is 212 Å². The zero-order valence-corrected chi connectivity index (χ0v) is 20.6. The van der Waals surface area contributed by atoms with Crippen LogP contribution >= 0.6 is 0 Å². The van der Waals surface area contributed by atoms with Gasteiger partial charge in [0.1, 0.15) is 0 Å². The van der Waals surface area contributed by atoms with Gasteiger partial charge in [-0.3, -0.25) is 19.5 Å². The predicted molar refractivity (Wildman–Crippen MR) is 145 cm³/mol. The van der Waals surface area contributed by atoms with E-state index in [2.05, 4.69) is 65.0 Å².